The summed E-state index contributed by atoms with van der Waals surface area (Å²) in [6, 6.07) is -0.419. The lowest BCUT2D eigenvalue weighted by Crippen LogP contribution is -2.46. The van der Waals surface area contributed by atoms with Crippen LogP contribution in [0.2, 0.25) is 0 Å². The Kier molecular flexibility index (Phi) is 6.55. The summed E-state index contributed by atoms with van der Waals surface area (Å²) in [6.07, 6.45) is 1.25. The number of rotatable bonds is 5. The normalized spacial score (nSPS) is 18.5. The molecular weight excluding hydrogens is 293 g/mol. The summed E-state index contributed by atoms with van der Waals surface area (Å²) in [5.74, 6) is -0.0144. The van der Waals surface area contributed by atoms with Gasteiger partial charge < -0.3 is 5.11 Å². The van der Waals surface area contributed by atoms with Crippen LogP contribution in [0.5, 0.6) is 0 Å². The summed E-state index contributed by atoms with van der Waals surface area (Å²) < 4.78 is 1.86. The number of likely N-dealkylation sites (N-methyl/N-ethyl adjacent to an activating group) is 1. The quantitative estimate of drug-likeness (QED) is 0.781. The number of Topliss-reactive ketones (excluding diaryl/α,β-unsaturated/α-hetero) is 1. The van der Waals surface area contributed by atoms with E-state index >= 15 is 0 Å². The van der Waals surface area contributed by atoms with Crippen molar-refractivity contribution >= 4 is 28.4 Å². The van der Waals surface area contributed by atoms with Gasteiger partial charge in [-0.15, -0.1) is 0 Å². The number of aliphatic hydroxyl groups excluding tert-OH is 1. The molecule has 0 aromatic carbocycles. The molecule has 0 aliphatic carbocycles. The van der Waals surface area contributed by atoms with Crippen LogP contribution in [0.1, 0.15) is 13.8 Å². The zero-order valence-electron chi connectivity index (χ0n) is 9.07. The van der Waals surface area contributed by atoms with E-state index in [1.165, 1.54) is 6.92 Å². The first-order valence-electron chi connectivity index (χ1n) is 4.53. The van der Waals surface area contributed by atoms with Crippen molar-refractivity contribution in [1.82, 2.24) is 4.90 Å². The fourth-order valence-electron chi connectivity index (χ4n) is 1.43. The Bertz CT molecular complexity index is 216. The van der Waals surface area contributed by atoms with E-state index in [9.17, 15) is 9.90 Å². The topological polar surface area (TPSA) is 40.5 Å². The lowest BCUT2D eigenvalue weighted by Gasteiger charge is -2.29. The maximum absolute atomic E-state index is 11.3. The molecule has 0 aromatic heterocycles. The molecule has 0 radical (unpaired) electrons. The number of halogens is 1. The fourth-order valence-corrected chi connectivity index (χ4v) is 2.08. The third kappa shape index (κ3) is 4.06. The highest BCUT2D eigenvalue weighted by Gasteiger charge is 2.28. The van der Waals surface area contributed by atoms with Gasteiger partial charge >= 0.3 is 0 Å². The van der Waals surface area contributed by atoms with E-state index in [4.69, 9.17) is 0 Å². The van der Waals surface area contributed by atoms with Crippen LogP contribution in [0.25, 0.3) is 0 Å². The lowest BCUT2D eigenvalue weighted by atomic mass is 9.95. The molecule has 0 aliphatic rings. The van der Waals surface area contributed by atoms with Crippen molar-refractivity contribution in [2.45, 2.75) is 26.0 Å². The molecule has 14 heavy (non-hydrogen) atoms. The first-order valence-corrected chi connectivity index (χ1v) is 5.78. The third-order valence-corrected chi connectivity index (χ3v) is 2.63. The lowest BCUT2D eigenvalue weighted by molar-refractivity contribution is -0.125. The van der Waals surface area contributed by atoms with Crippen LogP contribution in [0, 0.1) is 5.92 Å². The van der Waals surface area contributed by atoms with E-state index in [1.54, 1.807) is 19.0 Å². The molecule has 3 atom stereocenters. The average Bonchev–Trinajstić information content (AvgIpc) is 2.03. The third-order valence-electron chi connectivity index (χ3n) is 2.21. The van der Waals surface area contributed by atoms with E-state index in [2.05, 4.69) is 22.6 Å². The molecule has 0 fully saturated rings. The summed E-state index contributed by atoms with van der Waals surface area (Å²) in [5.41, 5.74) is 0. The van der Waals surface area contributed by atoms with E-state index < -0.39 is 12.1 Å². The Labute approximate surface area is 99.3 Å². The Balaban J connectivity index is 4.59. The highest BCUT2D eigenvalue weighted by Crippen LogP contribution is 2.14. The van der Waals surface area contributed by atoms with Gasteiger partial charge in [0.2, 0.25) is 0 Å². The number of carbonyl (C=O) groups is 1. The predicted molar refractivity (Wildman–Crippen MR) is 66.5 cm³/mol. The smallest absolute Gasteiger partial charge is 0.149 e. The second kappa shape index (κ2) is 6.53. The molecule has 0 rings (SSSR count). The number of hydrogen-bond donors (Lipinski definition) is 1. The van der Waals surface area contributed by atoms with Crippen LogP contribution in [-0.4, -0.2) is 42.0 Å². The van der Waals surface area contributed by atoms with Crippen LogP contribution in [0.4, 0.5) is 0 Å². The van der Waals surface area contributed by atoms with Crippen molar-refractivity contribution < 1.29 is 9.90 Å². The van der Waals surface area contributed by atoms with Gasteiger partial charge in [0.15, 0.2) is 0 Å². The van der Waals surface area contributed by atoms with Crippen LogP contribution in [-0.2, 0) is 4.79 Å². The molecule has 0 saturated carbocycles. The zero-order chi connectivity index (χ0) is 11.3. The molecule has 82 valence electrons. The molecule has 3 nitrogen and oxygen atoms in total. The number of aliphatic hydroxyl groups is 1. The molecule has 0 bridgehead atoms. The monoisotopic (exact) mass is 311 g/mol. The minimum absolute atomic E-state index is 0.00351. The number of hydrogen-bond acceptors (Lipinski definition) is 3. The summed E-state index contributed by atoms with van der Waals surface area (Å²) in [6.45, 7) is 3.41. The minimum atomic E-state index is -0.645. The van der Waals surface area contributed by atoms with Crippen molar-refractivity contribution in [2.75, 3.05) is 14.1 Å². The van der Waals surface area contributed by atoms with Crippen molar-refractivity contribution in [3.8, 4) is 0 Å². The molecule has 0 amide bonds. The van der Waals surface area contributed by atoms with Crippen LogP contribution < -0.4 is 0 Å². The number of carbonyl (C=O) groups excluding carboxylic acids is 1. The maximum atomic E-state index is 11.3. The van der Waals surface area contributed by atoms with E-state index in [1.807, 2.05) is 17.1 Å². The molecule has 0 saturated heterocycles. The number of nitrogens with zero attached hydrogens (tertiary/aromatic N) is 1. The largest absolute Gasteiger partial charge is 0.390 e. The van der Waals surface area contributed by atoms with Crippen LogP contribution >= 0.6 is 22.6 Å². The SMILES string of the molecule is CC(=O)[C@H]([C@H](O)[C@H](C)/C=C\I)N(C)C. The molecular formula is C10H18INO2. The second-order valence-electron chi connectivity index (χ2n) is 3.69. The zero-order valence-corrected chi connectivity index (χ0v) is 11.2. The molecule has 0 heterocycles. The Morgan fingerprint density at radius 1 is 1.50 bits per heavy atom. The van der Waals surface area contributed by atoms with Gasteiger partial charge in [0.05, 0.1) is 12.1 Å². The molecule has 0 spiro atoms. The summed E-state index contributed by atoms with van der Waals surface area (Å²) in [7, 11) is 3.60. The predicted octanol–water partition coefficient (Wildman–Crippen LogP) is 1.45. The Morgan fingerprint density at radius 2 is 2.00 bits per heavy atom. The van der Waals surface area contributed by atoms with Gasteiger partial charge in [-0.2, -0.15) is 0 Å². The second-order valence-corrected chi connectivity index (χ2v) is 4.41. The molecule has 1 N–H and O–H groups in total. The Morgan fingerprint density at radius 3 is 2.29 bits per heavy atom. The van der Waals surface area contributed by atoms with E-state index in [0.717, 1.165) is 0 Å². The van der Waals surface area contributed by atoms with Gasteiger partial charge in [0, 0.05) is 5.92 Å². The van der Waals surface area contributed by atoms with Crippen molar-refractivity contribution in [2.24, 2.45) is 5.92 Å². The van der Waals surface area contributed by atoms with E-state index in [-0.39, 0.29) is 11.7 Å². The first-order chi connectivity index (χ1) is 6.41. The van der Waals surface area contributed by atoms with Crippen LogP contribution in [0.15, 0.2) is 10.2 Å². The van der Waals surface area contributed by atoms with Crippen molar-refractivity contribution in [3.63, 3.8) is 0 Å². The standard InChI is InChI=1S/C10H18INO2/c1-7(5-6-11)10(14)9(8(2)13)12(3)4/h5-7,9-10,14H,1-4H3/b6-5-/t7-,9-,10-/m1/s1. The molecule has 0 unspecified atom stereocenters. The molecule has 0 aromatic rings. The van der Waals surface area contributed by atoms with Gasteiger partial charge in [-0.3, -0.25) is 9.69 Å². The van der Waals surface area contributed by atoms with E-state index in [0.29, 0.717) is 0 Å². The van der Waals surface area contributed by atoms with Crippen molar-refractivity contribution in [3.05, 3.63) is 10.2 Å². The van der Waals surface area contributed by atoms with Crippen LogP contribution in [0.3, 0.4) is 0 Å². The summed E-state index contributed by atoms with van der Waals surface area (Å²) in [4.78, 5) is 13.1. The maximum Gasteiger partial charge on any atom is 0.149 e. The summed E-state index contributed by atoms with van der Waals surface area (Å²) in [5, 5.41) is 9.93. The average molecular weight is 311 g/mol. The molecule has 0 aliphatic heterocycles. The number of ketones is 1. The Hall–Kier alpha value is 0.0600. The van der Waals surface area contributed by atoms with Gasteiger partial charge in [-0.05, 0) is 25.1 Å². The molecule has 4 heteroatoms. The highest BCUT2D eigenvalue weighted by molar-refractivity contribution is 14.1. The highest BCUT2D eigenvalue weighted by atomic mass is 127. The van der Waals surface area contributed by atoms with Gasteiger partial charge in [0.1, 0.15) is 5.78 Å². The fraction of sp³-hybridized carbons (Fsp3) is 0.700. The van der Waals surface area contributed by atoms with Gasteiger partial charge in [-0.1, -0.05) is 35.6 Å². The van der Waals surface area contributed by atoms with Crippen molar-refractivity contribution in [1.29, 1.82) is 0 Å². The van der Waals surface area contributed by atoms with Gasteiger partial charge in [-0.25, -0.2) is 0 Å². The minimum Gasteiger partial charge on any atom is -0.390 e. The first kappa shape index (κ1) is 14.1. The summed E-state index contributed by atoms with van der Waals surface area (Å²) >= 11 is 2.10. The van der Waals surface area contributed by atoms with Gasteiger partial charge in [0.25, 0.3) is 0 Å².